The fourth-order valence-corrected chi connectivity index (χ4v) is 0.649. The van der Waals surface area contributed by atoms with E-state index in [1.54, 1.807) is 0 Å². The van der Waals surface area contributed by atoms with E-state index in [0.717, 1.165) is 18.5 Å². The van der Waals surface area contributed by atoms with Crippen LogP contribution < -0.4 is 63.9 Å². The molecule has 1 rings (SSSR count). The average Bonchev–Trinajstić information content (AvgIpc) is 2.14. The van der Waals surface area contributed by atoms with Gasteiger partial charge in [-0.3, -0.25) is 4.99 Å². The van der Waals surface area contributed by atoms with Gasteiger partial charge in [0.15, 0.2) is 0 Å². The summed E-state index contributed by atoms with van der Waals surface area (Å²) in [6.07, 6.45) is 4.71. The summed E-state index contributed by atoms with van der Waals surface area (Å²) in [6.45, 7) is 2.05. The van der Waals surface area contributed by atoms with Gasteiger partial charge in [0.2, 0.25) is 0 Å². The molecule has 0 fully saturated rings. The predicted molar refractivity (Wildman–Crippen MR) is 33.3 cm³/mol. The maximum atomic E-state index is 5.37. The van der Waals surface area contributed by atoms with Crippen LogP contribution in [0.25, 0.3) is 0 Å². The largest absolute Gasteiger partial charge is 1.00 e. The van der Waals surface area contributed by atoms with Crippen molar-refractivity contribution in [1.29, 1.82) is 0 Å². The molecule has 0 saturated carbocycles. The van der Waals surface area contributed by atoms with Crippen molar-refractivity contribution in [3.63, 3.8) is 0 Å². The third kappa shape index (κ3) is 3.07. The molecular formula is C6H9N2Rb. The van der Waals surface area contributed by atoms with Crippen molar-refractivity contribution in [2.75, 3.05) is 0 Å². The van der Waals surface area contributed by atoms with Crippen LogP contribution in [0.5, 0.6) is 0 Å². The summed E-state index contributed by atoms with van der Waals surface area (Å²) in [5, 5.41) is 0. The maximum absolute atomic E-state index is 5.37. The first-order chi connectivity index (χ1) is 3.83. The summed E-state index contributed by atoms with van der Waals surface area (Å²) in [7, 11) is 0. The molecule has 44 valence electrons. The summed E-state index contributed by atoms with van der Waals surface area (Å²) in [5.41, 5.74) is 6.37. The first-order valence-corrected chi connectivity index (χ1v) is 2.75. The maximum Gasteiger partial charge on any atom is 1.00 e. The molecule has 0 bridgehead atoms. The number of hydrogen-bond donors (Lipinski definition) is 1. The Kier molecular flexibility index (Phi) is 5.31. The zero-order valence-electron chi connectivity index (χ0n) is 5.94. The van der Waals surface area contributed by atoms with Gasteiger partial charge in [-0.25, -0.2) is 0 Å². The van der Waals surface area contributed by atoms with Crippen LogP contribution in [0.2, 0.25) is 0 Å². The Morgan fingerprint density at radius 2 is 2.44 bits per heavy atom. The Hall–Kier alpha value is 1.02. The zero-order valence-corrected chi connectivity index (χ0v) is 10.9. The molecule has 0 aromatic heterocycles. The quantitative estimate of drug-likeness (QED) is 0.475. The molecule has 2 N–H and O–H groups in total. The number of rotatable bonds is 1. The Morgan fingerprint density at radius 1 is 1.78 bits per heavy atom. The van der Waals surface area contributed by atoms with E-state index in [2.05, 4.69) is 11.1 Å². The summed E-state index contributed by atoms with van der Waals surface area (Å²) in [5.74, 6) is 0.696. The van der Waals surface area contributed by atoms with Crippen molar-refractivity contribution < 1.29 is 58.2 Å². The second-order valence-corrected chi connectivity index (χ2v) is 1.76. The molecule has 0 aromatic carbocycles. The second kappa shape index (κ2) is 4.77. The van der Waals surface area contributed by atoms with E-state index in [1.807, 2.05) is 6.92 Å². The Balaban J connectivity index is 0.000000640. The molecule has 0 aromatic rings. The van der Waals surface area contributed by atoms with E-state index >= 15 is 0 Å². The van der Waals surface area contributed by atoms with Gasteiger partial charge in [-0.2, -0.15) is 0 Å². The average molecular weight is 195 g/mol. The minimum Gasteiger partial charge on any atom is -0.466 e. The topological polar surface area (TPSA) is 38.4 Å². The summed E-state index contributed by atoms with van der Waals surface area (Å²) >= 11 is 0. The van der Waals surface area contributed by atoms with Crippen LogP contribution in [-0.2, 0) is 0 Å². The van der Waals surface area contributed by atoms with Gasteiger partial charge in [-0.1, -0.05) is 6.92 Å². The molecule has 0 unspecified atom stereocenters. The molecule has 0 amide bonds. The van der Waals surface area contributed by atoms with E-state index in [4.69, 9.17) is 5.73 Å². The van der Waals surface area contributed by atoms with Crippen molar-refractivity contribution in [1.82, 2.24) is 0 Å². The van der Waals surface area contributed by atoms with E-state index in [9.17, 15) is 0 Å². The normalized spacial score (nSPS) is 16.1. The number of nitrogens with zero attached hydrogens (tertiary/aromatic N) is 1. The standard InChI is InChI=1S/C6H9N2.Rb/c1-2-5-3-4-6(7)8-5;/h2,4H2,1H3,(H2,7,8);/q-1;+1. The van der Waals surface area contributed by atoms with Gasteiger partial charge >= 0.3 is 58.2 Å². The molecule has 9 heavy (non-hydrogen) atoms. The molecule has 2 nitrogen and oxygen atoms in total. The van der Waals surface area contributed by atoms with E-state index in [1.165, 1.54) is 0 Å². The molecule has 0 atom stereocenters. The molecule has 0 spiro atoms. The number of nitrogens with two attached hydrogens (primary N) is 1. The smallest absolute Gasteiger partial charge is 0.466 e. The van der Waals surface area contributed by atoms with Gasteiger partial charge < -0.3 is 11.8 Å². The predicted octanol–water partition coefficient (Wildman–Crippen LogP) is -2.15. The molecule has 1 heterocycles. The molecule has 0 radical (unpaired) electrons. The summed E-state index contributed by atoms with van der Waals surface area (Å²) < 4.78 is 0. The van der Waals surface area contributed by atoms with Crippen molar-refractivity contribution in [2.45, 2.75) is 19.8 Å². The first kappa shape index (κ1) is 10.0. The Morgan fingerprint density at radius 3 is 2.67 bits per heavy atom. The molecule has 0 saturated heterocycles. The van der Waals surface area contributed by atoms with E-state index < -0.39 is 0 Å². The summed E-state index contributed by atoms with van der Waals surface area (Å²) in [6, 6.07) is 0. The van der Waals surface area contributed by atoms with Gasteiger partial charge in [-0.05, 0) is 6.42 Å². The number of amidine groups is 1. The van der Waals surface area contributed by atoms with Crippen LogP contribution in [0.3, 0.4) is 0 Å². The van der Waals surface area contributed by atoms with Crippen molar-refractivity contribution in [2.24, 2.45) is 10.7 Å². The molecule has 0 aliphatic carbocycles. The van der Waals surface area contributed by atoms with Gasteiger partial charge in [-0.15, -0.1) is 12.1 Å². The third-order valence-corrected chi connectivity index (χ3v) is 1.09. The SMILES string of the molecule is CCC1=[C-]CC(N)=N1.[Rb+]. The number of allylic oxidation sites excluding steroid dienone is 1. The molecule has 3 heteroatoms. The van der Waals surface area contributed by atoms with E-state index in [-0.39, 0.29) is 58.2 Å². The van der Waals surface area contributed by atoms with Crippen molar-refractivity contribution in [3.05, 3.63) is 11.8 Å². The van der Waals surface area contributed by atoms with E-state index in [0.29, 0.717) is 5.84 Å². The van der Waals surface area contributed by atoms with Gasteiger partial charge in [0.05, 0.1) is 5.84 Å². The molecule has 1 aliphatic heterocycles. The fraction of sp³-hybridized carbons (Fsp3) is 0.500. The summed E-state index contributed by atoms with van der Waals surface area (Å²) in [4.78, 5) is 4.01. The van der Waals surface area contributed by atoms with Gasteiger partial charge in [0, 0.05) is 0 Å². The third-order valence-electron chi connectivity index (χ3n) is 1.09. The zero-order chi connectivity index (χ0) is 5.98. The first-order valence-electron chi connectivity index (χ1n) is 2.75. The van der Waals surface area contributed by atoms with Gasteiger partial charge in [0.1, 0.15) is 0 Å². The van der Waals surface area contributed by atoms with Crippen LogP contribution in [0.1, 0.15) is 19.8 Å². The van der Waals surface area contributed by atoms with Crippen LogP contribution in [-0.4, -0.2) is 5.84 Å². The van der Waals surface area contributed by atoms with Gasteiger partial charge in [0.25, 0.3) is 0 Å². The monoisotopic (exact) mass is 194 g/mol. The minimum atomic E-state index is 0. The van der Waals surface area contributed by atoms with Crippen molar-refractivity contribution >= 4 is 5.84 Å². The van der Waals surface area contributed by atoms with Crippen LogP contribution in [0.15, 0.2) is 10.7 Å². The molecular weight excluding hydrogens is 186 g/mol. The van der Waals surface area contributed by atoms with Crippen LogP contribution in [0.4, 0.5) is 0 Å². The fourth-order valence-electron chi connectivity index (χ4n) is 0.649. The van der Waals surface area contributed by atoms with Crippen molar-refractivity contribution in [3.8, 4) is 0 Å². The van der Waals surface area contributed by atoms with Crippen LogP contribution in [0, 0.1) is 6.08 Å². The second-order valence-electron chi connectivity index (χ2n) is 1.76. The minimum absolute atomic E-state index is 0. The number of hydrogen-bond acceptors (Lipinski definition) is 2. The van der Waals surface area contributed by atoms with Crippen LogP contribution >= 0.6 is 0 Å². The number of aliphatic imine (C=N–C) groups is 1. The Bertz CT molecular complexity index is 149. The Labute approximate surface area is 104 Å². The molecule has 1 aliphatic rings.